The topological polar surface area (TPSA) is 47.6 Å². The van der Waals surface area contributed by atoms with Gasteiger partial charge in [-0.25, -0.2) is 0 Å². The number of methoxy groups -OCH3 is 1. The molecule has 1 amide bonds. The predicted molar refractivity (Wildman–Crippen MR) is 111 cm³/mol. The Morgan fingerprint density at radius 1 is 1.19 bits per heavy atom. The molecule has 0 radical (unpaired) electrons. The summed E-state index contributed by atoms with van der Waals surface area (Å²) in [6.45, 7) is 2.99. The maximum Gasteiger partial charge on any atom is 0.255 e. The van der Waals surface area contributed by atoms with Crippen molar-refractivity contribution < 1.29 is 14.3 Å². The first kappa shape index (κ1) is 19.8. The summed E-state index contributed by atoms with van der Waals surface area (Å²) in [4.78, 5) is 14.0. The van der Waals surface area contributed by atoms with Crippen molar-refractivity contribution >= 4 is 23.4 Å². The van der Waals surface area contributed by atoms with Crippen molar-refractivity contribution in [3.63, 3.8) is 0 Å². The Labute approximate surface area is 165 Å². The van der Waals surface area contributed by atoms with Crippen LogP contribution >= 0.6 is 11.8 Å². The summed E-state index contributed by atoms with van der Waals surface area (Å²) in [7, 11) is 1.63. The van der Waals surface area contributed by atoms with Crippen molar-refractivity contribution in [1.29, 1.82) is 0 Å². The number of rotatable bonds is 8. The van der Waals surface area contributed by atoms with Gasteiger partial charge in [-0.05, 0) is 50.1 Å². The van der Waals surface area contributed by atoms with Gasteiger partial charge < -0.3 is 14.8 Å². The third-order valence-electron chi connectivity index (χ3n) is 4.74. The highest BCUT2D eigenvalue weighted by Crippen LogP contribution is 2.38. The van der Waals surface area contributed by atoms with Gasteiger partial charge in [0.25, 0.3) is 5.91 Å². The highest BCUT2D eigenvalue weighted by atomic mass is 32.2. The fourth-order valence-corrected chi connectivity index (χ4v) is 4.63. The summed E-state index contributed by atoms with van der Waals surface area (Å²) >= 11 is 1.88. The second kappa shape index (κ2) is 9.81. The highest BCUT2D eigenvalue weighted by molar-refractivity contribution is 8.00. The van der Waals surface area contributed by atoms with Gasteiger partial charge in [-0.1, -0.05) is 25.0 Å². The number of hydrogen-bond acceptors (Lipinski definition) is 4. The van der Waals surface area contributed by atoms with Gasteiger partial charge in [-0.2, -0.15) is 0 Å². The zero-order valence-electron chi connectivity index (χ0n) is 16.0. The summed E-state index contributed by atoms with van der Waals surface area (Å²) in [5.41, 5.74) is 2.35. The van der Waals surface area contributed by atoms with Gasteiger partial charge in [0.05, 0.1) is 19.4 Å². The molecule has 2 aromatic rings. The molecule has 27 heavy (non-hydrogen) atoms. The van der Waals surface area contributed by atoms with Crippen LogP contribution in [0.4, 0.5) is 5.69 Å². The normalized spacial score (nSPS) is 14.3. The first-order chi connectivity index (χ1) is 13.2. The number of para-hydroxylation sites is 1. The van der Waals surface area contributed by atoms with Crippen molar-refractivity contribution in [3.8, 4) is 5.75 Å². The van der Waals surface area contributed by atoms with Gasteiger partial charge in [0.15, 0.2) is 0 Å². The van der Waals surface area contributed by atoms with E-state index < -0.39 is 0 Å². The first-order valence-corrected chi connectivity index (χ1v) is 10.4. The molecule has 0 unspecified atom stereocenters. The van der Waals surface area contributed by atoms with Gasteiger partial charge in [-0.15, -0.1) is 11.8 Å². The average molecular weight is 386 g/mol. The van der Waals surface area contributed by atoms with Crippen molar-refractivity contribution in [2.75, 3.05) is 19.0 Å². The fraction of sp³-hybridized carbons (Fsp3) is 0.409. The molecule has 144 valence electrons. The number of hydrogen-bond donors (Lipinski definition) is 1. The lowest BCUT2D eigenvalue weighted by Gasteiger charge is -2.15. The molecule has 1 N–H and O–H groups in total. The third kappa shape index (κ3) is 5.27. The Bertz CT molecular complexity index is 772. The van der Waals surface area contributed by atoms with E-state index in [1.807, 2.05) is 49.0 Å². The van der Waals surface area contributed by atoms with Gasteiger partial charge >= 0.3 is 0 Å². The zero-order chi connectivity index (χ0) is 19.1. The second-order valence-electron chi connectivity index (χ2n) is 6.64. The Balaban J connectivity index is 1.75. The molecule has 0 aromatic heterocycles. The van der Waals surface area contributed by atoms with E-state index in [1.165, 1.54) is 25.7 Å². The van der Waals surface area contributed by atoms with Crippen LogP contribution in [0, 0.1) is 0 Å². The van der Waals surface area contributed by atoms with E-state index in [2.05, 4.69) is 11.4 Å². The minimum absolute atomic E-state index is 0.116. The highest BCUT2D eigenvalue weighted by Gasteiger charge is 2.18. The number of amides is 1. The van der Waals surface area contributed by atoms with Gasteiger partial charge in [-0.3, -0.25) is 4.79 Å². The lowest BCUT2D eigenvalue weighted by molar-refractivity contribution is 0.102. The summed E-state index contributed by atoms with van der Waals surface area (Å²) in [6, 6.07) is 13.5. The fourth-order valence-electron chi connectivity index (χ4n) is 3.30. The molecule has 0 saturated heterocycles. The summed E-state index contributed by atoms with van der Waals surface area (Å²) in [6.07, 6.45) is 5.12. The molecule has 0 spiro atoms. The Hall–Kier alpha value is -1.98. The molecule has 1 aliphatic rings. The SMILES string of the molecule is CCOCc1cc(C(=O)Nc2ccccc2SC2CCCC2)ccc1OC. The van der Waals surface area contributed by atoms with E-state index in [-0.39, 0.29) is 5.91 Å². The van der Waals surface area contributed by atoms with E-state index in [0.717, 1.165) is 21.9 Å². The van der Waals surface area contributed by atoms with Crippen molar-refractivity contribution in [2.24, 2.45) is 0 Å². The number of carbonyl (C=O) groups is 1. The molecule has 1 fully saturated rings. The van der Waals surface area contributed by atoms with Crippen LogP contribution in [0.2, 0.25) is 0 Å². The van der Waals surface area contributed by atoms with Crippen molar-refractivity contribution in [1.82, 2.24) is 0 Å². The minimum Gasteiger partial charge on any atom is -0.496 e. The van der Waals surface area contributed by atoms with Gasteiger partial charge in [0, 0.05) is 27.9 Å². The first-order valence-electron chi connectivity index (χ1n) is 9.53. The predicted octanol–water partition coefficient (Wildman–Crippen LogP) is 5.52. The molecular formula is C22H27NO3S. The van der Waals surface area contributed by atoms with Crippen LogP contribution in [0.1, 0.15) is 48.5 Å². The largest absolute Gasteiger partial charge is 0.496 e. The standard InChI is InChI=1S/C22H27NO3S/c1-3-26-15-17-14-16(12-13-20(17)25-2)22(24)23-19-10-6-7-11-21(19)27-18-8-4-5-9-18/h6-7,10-14,18H,3-5,8-9,15H2,1-2H3,(H,23,24). The molecule has 0 heterocycles. The number of carbonyl (C=O) groups excluding carboxylic acids is 1. The maximum atomic E-state index is 12.8. The van der Waals surface area contributed by atoms with E-state index in [4.69, 9.17) is 9.47 Å². The monoisotopic (exact) mass is 385 g/mol. The second-order valence-corrected chi connectivity index (χ2v) is 7.98. The number of nitrogens with one attached hydrogen (secondary N) is 1. The van der Waals surface area contributed by atoms with Crippen LogP contribution in [-0.2, 0) is 11.3 Å². The molecule has 4 nitrogen and oxygen atoms in total. The lowest BCUT2D eigenvalue weighted by atomic mass is 10.1. The van der Waals surface area contributed by atoms with Crippen molar-refractivity contribution in [2.45, 2.75) is 49.4 Å². The number of thioether (sulfide) groups is 1. The van der Waals surface area contributed by atoms with Crippen LogP contribution in [0.5, 0.6) is 5.75 Å². The minimum atomic E-state index is -0.116. The zero-order valence-corrected chi connectivity index (χ0v) is 16.8. The van der Waals surface area contributed by atoms with E-state index in [1.54, 1.807) is 13.2 Å². The molecule has 2 aromatic carbocycles. The van der Waals surface area contributed by atoms with Crippen LogP contribution in [0.15, 0.2) is 47.4 Å². The van der Waals surface area contributed by atoms with Crippen LogP contribution in [0.25, 0.3) is 0 Å². The Kier molecular flexibility index (Phi) is 7.18. The number of anilines is 1. The molecule has 3 rings (SSSR count). The van der Waals surface area contributed by atoms with Crippen molar-refractivity contribution in [3.05, 3.63) is 53.6 Å². The smallest absolute Gasteiger partial charge is 0.255 e. The lowest BCUT2D eigenvalue weighted by Crippen LogP contribution is -2.13. The molecule has 1 saturated carbocycles. The van der Waals surface area contributed by atoms with E-state index in [0.29, 0.717) is 24.0 Å². The molecular weight excluding hydrogens is 358 g/mol. The summed E-state index contributed by atoms with van der Waals surface area (Å²) < 4.78 is 10.9. The number of benzene rings is 2. The van der Waals surface area contributed by atoms with Crippen LogP contribution in [0.3, 0.4) is 0 Å². The number of ether oxygens (including phenoxy) is 2. The molecule has 0 aliphatic heterocycles. The molecule has 5 heteroatoms. The molecule has 0 atom stereocenters. The third-order valence-corrected chi connectivity index (χ3v) is 6.15. The Morgan fingerprint density at radius 2 is 1.96 bits per heavy atom. The summed E-state index contributed by atoms with van der Waals surface area (Å²) in [5.74, 6) is 0.618. The van der Waals surface area contributed by atoms with Gasteiger partial charge in [0.2, 0.25) is 0 Å². The van der Waals surface area contributed by atoms with Gasteiger partial charge in [0.1, 0.15) is 5.75 Å². The Morgan fingerprint density at radius 3 is 2.70 bits per heavy atom. The molecule has 1 aliphatic carbocycles. The quantitative estimate of drug-likeness (QED) is 0.650. The summed E-state index contributed by atoms with van der Waals surface area (Å²) in [5, 5.41) is 3.73. The van der Waals surface area contributed by atoms with E-state index in [9.17, 15) is 4.79 Å². The maximum absolute atomic E-state index is 12.8. The van der Waals surface area contributed by atoms with Crippen LogP contribution in [-0.4, -0.2) is 24.9 Å². The van der Waals surface area contributed by atoms with Crippen LogP contribution < -0.4 is 10.1 Å². The van der Waals surface area contributed by atoms with E-state index >= 15 is 0 Å². The average Bonchev–Trinajstić information content (AvgIpc) is 3.20. The molecule has 0 bridgehead atoms.